The summed E-state index contributed by atoms with van der Waals surface area (Å²) < 4.78 is 0. The maximum absolute atomic E-state index is 11.8. The quantitative estimate of drug-likeness (QED) is 0.893. The number of amides is 1. The largest absolute Gasteiger partial charge is 0.375 e. The van der Waals surface area contributed by atoms with Gasteiger partial charge in [-0.2, -0.15) is 0 Å². The SMILES string of the molecule is CC(CN)C(=O)Nc1cccc(Cl)c1N(C)C.Cl.Cl. The molecule has 1 rings (SSSR count). The molecule has 0 aliphatic heterocycles. The molecular formula is C12H20Cl3N3O. The fraction of sp³-hybridized carbons (Fsp3) is 0.417. The van der Waals surface area contributed by atoms with Crippen LogP contribution in [-0.4, -0.2) is 26.5 Å². The Kier molecular flexibility index (Phi) is 10.1. The fourth-order valence-electron chi connectivity index (χ4n) is 1.43. The number of nitrogens with one attached hydrogen (secondary N) is 1. The molecule has 1 amide bonds. The van der Waals surface area contributed by atoms with Crippen LogP contribution in [0.2, 0.25) is 5.02 Å². The number of carbonyl (C=O) groups excluding carboxylic acids is 1. The van der Waals surface area contributed by atoms with Crippen LogP contribution in [0.15, 0.2) is 18.2 Å². The van der Waals surface area contributed by atoms with Gasteiger partial charge in [0.25, 0.3) is 0 Å². The molecule has 7 heteroatoms. The number of hydrogen-bond donors (Lipinski definition) is 2. The topological polar surface area (TPSA) is 58.4 Å². The van der Waals surface area contributed by atoms with E-state index in [4.69, 9.17) is 17.3 Å². The second kappa shape index (κ2) is 9.26. The van der Waals surface area contributed by atoms with E-state index in [1.165, 1.54) is 0 Å². The van der Waals surface area contributed by atoms with Crippen molar-refractivity contribution in [3.63, 3.8) is 0 Å². The van der Waals surface area contributed by atoms with E-state index in [0.717, 1.165) is 5.69 Å². The van der Waals surface area contributed by atoms with Gasteiger partial charge in [-0.25, -0.2) is 0 Å². The Balaban J connectivity index is 0. The van der Waals surface area contributed by atoms with E-state index in [2.05, 4.69) is 5.32 Å². The average molecular weight is 329 g/mol. The monoisotopic (exact) mass is 327 g/mol. The van der Waals surface area contributed by atoms with Gasteiger partial charge >= 0.3 is 0 Å². The summed E-state index contributed by atoms with van der Waals surface area (Å²) in [4.78, 5) is 13.6. The normalized spacial score (nSPS) is 10.8. The molecule has 110 valence electrons. The average Bonchev–Trinajstić information content (AvgIpc) is 2.27. The van der Waals surface area contributed by atoms with Crippen molar-refractivity contribution < 1.29 is 4.79 Å². The second-order valence-corrected chi connectivity index (χ2v) is 4.56. The molecule has 0 saturated heterocycles. The van der Waals surface area contributed by atoms with Gasteiger partial charge in [-0.15, -0.1) is 24.8 Å². The molecule has 1 atom stereocenters. The number of para-hydroxylation sites is 1. The molecule has 0 radical (unpaired) electrons. The van der Waals surface area contributed by atoms with Crippen molar-refractivity contribution in [2.24, 2.45) is 11.7 Å². The highest BCUT2D eigenvalue weighted by molar-refractivity contribution is 6.34. The molecule has 19 heavy (non-hydrogen) atoms. The predicted molar refractivity (Wildman–Crippen MR) is 87.1 cm³/mol. The maximum Gasteiger partial charge on any atom is 0.228 e. The number of nitrogens with two attached hydrogens (primary N) is 1. The van der Waals surface area contributed by atoms with Gasteiger partial charge in [-0.3, -0.25) is 4.79 Å². The summed E-state index contributed by atoms with van der Waals surface area (Å²) in [7, 11) is 3.76. The van der Waals surface area contributed by atoms with Gasteiger partial charge in [-0.1, -0.05) is 24.6 Å². The predicted octanol–water partition coefficient (Wildman–Crippen LogP) is 2.78. The summed E-state index contributed by atoms with van der Waals surface area (Å²) >= 11 is 6.10. The van der Waals surface area contributed by atoms with E-state index >= 15 is 0 Å². The molecule has 0 aliphatic carbocycles. The van der Waals surface area contributed by atoms with Crippen LogP contribution in [0.4, 0.5) is 11.4 Å². The first-order chi connectivity index (χ1) is 7.97. The molecule has 0 aliphatic rings. The van der Waals surface area contributed by atoms with E-state index in [0.29, 0.717) is 17.3 Å². The number of nitrogens with zero attached hydrogens (tertiary/aromatic N) is 1. The lowest BCUT2D eigenvalue weighted by atomic mass is 10.1. The number of rotatable bonds is 4. The lowest BCUT2D eigenvalue weighted by molar-refractivity contribution is -0.119. The highest BCUT2D eigenvalue weighted by Crippen LogP contribution is 2.32. The summed E-state index contributed by atoms with van der Waals surface area (Å²) in [5.74, 6) is -0.318. The molecule has 4 nitrogen and oxygen atoms in total. The summed E-state index contributed by atoms with van der Waals surface area (Å²) in [5.41, 5.74) is 6.96. The van der Waals surface area contributed by atoms with Gasteiger partial charge in [0.05, 0.1) is 16.4 Å². The van der Waals surface area contributed by atoms with Crippen LogP contribution in [-0.2, 0) is 4.79 Å². The molecule has 0 heterocycles. The number of anilines is 2. The Morgan fingerprint density at radius 2 is 2.00 bits per heavy atom. The van der Waals surface area contributed by atoms with E-state index < -0.39 is 0 Å². The molecule has 0 saturated carbocycles. The molecule has 0 bridgehead atoms. The zero-order valence-corrected chi connectivity index (χ0v) is 13.5. The van der Waals surface area contributed by atoms with Crippen LogP contribution in [0.25, 0.3) is 0 Å². The van der Waals surface area contributed by atoms with E-state index in [1.807, 2.05) is 25.1 Å². The number of carbonyl (C=O) groups is 1. The molecule has 0 fully saturated rings. The molecular weight excluding hydrogens is 309 g/mol. The highest BCUT2D eigenvalue weighted by atomic mass is 35.5. The maximum atomic E-state index is 11.8. The standard InChI is InChI=1S/C12H18ClN3O.2ClH/c1-8(7-14)12(17)15-10-6-4-5-9(13)11(10)16(2)3;;/h4-6,8H,7,14H2,1-3H3,(H,15,17);2*1H. The molecule has 3 N–H and O–H groups in total. The van der Waals surface area contributed by atoms with E-state index in [1.54, 1.807) is 19.1 Å². The molecule has 0 aromatic heterocycles. The van der Waals surface area contributed by atoms with Crippen LogP contribution in [0.5, 0.6) is 0 Å². The summed E-state index contributed by atoms with van der Waals surface area (Å²) in [6.45, 7) is 2.11. The van der Waals surface area contributed by atoms with Crippen molar-refractivity contribution in [2.45, 2.75) is 6.92 Å². The minimum Gasteiger partial charge on any atom is -0.375 e. The van der Waals surface area contributed by atoms with Crippen molar-refractivity contribution in [3.8, 4) is 0 Å². The van der Waals surface area contributed by atoms with Crippen LogP contribution in [0.1, 0.15) is 6.92 Å². The summed E-state index contributed by atoms with van der Waals surface area (Å²) in [6.07, 6.45) is 0. The molecule has 1 aromatic carbocycles. The molecule has 0 spiro atoms. The zero-order valence-electron chi connectivity index (χ0n) is 11.1. The van der Waals surface area contributed by atoms with Crippen LogP contribution in [0.3, 0.4) is 0 Å². The summed E-state index contributed by atoms with van der Waals surface area (Å²) in [5, 5.41) is 3.44. The third kappa shape index (κ3) is 5.45. The Morgan fingerprint density at radius 3 is 2.47 bits per heavy atom. The Morgan fingerprint density at radius 1 is 1.42 bits per heavy atom. The van der Waals surface area contributed by atoms with Crippen LogP contribution >= 0.6 is 36.4 Å². The van der Waals surface area contributed by atoms with Gasteiger partial charge < -0.3 is 16.0 Å². The third-order valence-electron chi connectivity index (χ3n) is 2.49. The summed E-state index contributed by atoms with van der Waals surface area (Å²) in [6, 6.07) is 5.42. The van der Waals surface area contributed by atoms with Crippen LogP contribution in [0, 0.1) is 5.92 Å². The van der Waals surface area contributed by atoms with Gasteiger partial charge in [0.2, 0.25) is 5.91 Å². The van der Waals surface area contributed by atoms with Gasteiger partial charge in [0, 0.05) is 26.6 Å². The van der Waals surface area contributed by atoms with Crippen LogP contribution < -0.4 is 16.0 Å². The van der Waals surface area contributed by atoms with Crippen molar-refractivity contribution in [3.05, 3.63) is 23.2 Å². The minimum absolute atomic E-state index is 0. The zero-order chi connectivity index (χ0) is 13.0. The first-order valence-electron chi connectivity index (χ1n) is 5.44. The molecule has 1 unspecified atom stereocenters. The first kappa shape index (κ1) is 20.6. The number of hydrogen-bond acceptors (Lipinski definition) is 3. The Labute approximate surface area is 131 Å². The van der Waals surface area contributed by atoms with Crippen molar-refractivity contribution in [1.29, 1.82) is 0 Å². The number of benzene rings is 1. The lowest BCUT2D eigenvalue weighted by Crippen LogP contribution is -2.27. The first-order valence-corrected chi connectivity index (χ1v) is 5.82. The Bertz CT molecular complexity index is 413. The third-order valence-corrected chi connectivity index (χ3v) is 2.80. The van der Waals surface area contributed by atoms with E-state index in [9.17, 15) is 4.79 Å². The van der Waals surface area contributed by atoms with Gasteiger partial charge in [-0.05, 0) is 12.1 Å². The van der Waals surface area contributed by atoms with Crippen molar-refractivity contribution >= 4 is 53.7 Å². The highest BCUT2D eigenvalue weighted by Gasteiger charge is 2.15. The molecule has 1 aromatic rings. The van der Waals surface area contributed by atoms with E-state index in [-0.39, 0.29) is 36.6 Å². The van der Waals surface area contributed by atoms with Crippen molar-refractivity contribution in [1.82, 2.24) is 0 Å². The fourth-order valence-corrected chi connectivity index (χ4v) is 1.78. The smallest absolute Gasteiger partial charge is 0.228 e. The second-order valence-electron chi connectivity index (χ2n) is 4.16. The van der Waals surface area contributed by atoms with Crippen molar-refractivity contribution in [2.75, 3.05) is 30.9 Å². The minimum atomic E-state index is -0.219. The Hall–Kier alpha value is -0.680. The van der Waals surface area contributed by atoms with Gasteiger partial charge in [0.1, 0.15) is 0 Å². The van der Waals surface area contributed by atoms with Gasteiger partial charge in [0.15, 0.2) is 0 Å². The number of halogens is 3. The lowest BCUT2D eigenvalue weighted by Gasteiger charge is -2.20.